The van der Waals surface area contributed by atoms with Gasteiger partial charge in [0.15, 0.2) is 5.76 Å². The molecular weight excluding hydrogens is 216 g/mol. The van der Waals surface area contributed by atoms with Crippen molar-refractivity contribution in [3.8, 4) is 0 Å². The molecule has 1 aliphatic carbocycles. The van der Waals surface area contributed by atoms with E-state index in [2.05, 4.69) is 5.32 Å². The van der Waals surface area contributed by atoms with Gasteiger partial charge in [0.1, 0.15) is 5.76 Å². The molecule has 2 rings (SSSR count). The predicted molar refractivity (Wildman–Crippen MR) is 65.7 cm³/mol. The number of nitrogens with one attached hydrogen (secondary N) is 1. The van der Waals surface area contributed by atoms with E-state index >= 15 is 0 Å². The maximum absolute atomic E-state index is 11.9. The molecule has 2 atom stereocenters. The Bertz CT molecular complexity index is 387. The van der Waals surface area contributed by atoms with Crippen LogP contribution in [0.3, 0.4) is 0 Å². The predicted octanol–water partition coefficient (Wildman–Crippen LogP) is 1.84. The number of aryl methyl sites for hydroxylation is 1. The van der Waals surface area contributed by atoms with Gasteiger partial charge in [0.25, 0.3) is 5.91 Å². The zero-order chi connectivity index (χ0) is 12.3. The van der Waals surface area contributed by atoms with Crippen molar-refractivity contribution in [1.29, 1.82) is 0 Å². The first-order valence-electron chi connectivity index (χ1n) is 6.28. The summed E-state index contributed by atoms with van der Waals surface area (Å²) in [5, 5.41) is 3.04. The molecule has 4 nitrogen and oxygen atoms in total. The summed E-state index contributed by atoms with van der Waals surface area (Å²) in [6, 6.07) is 3.72. The molecule has 1 aromatic heterocycles. The number of nitrogens with two attached hydrogens (primary N) is 1. The van der Waals surface area contributed by atoms with Crippen molar-refractivity contribution >= 4 is 5.91 Å². The normalized spacial score (nSPS) is 24.6. The summed E-state index contributed by atoms with van der Waals surface area (Å²) >= 11 is 0. The van der Waals surface area contributed by atoms with Gasteiger partial charge in [-0.15, -0.1) is 0 Å². The first-order chi connectivity index (χ1) is 8.20. The highest BCUT2D eigenvalue weighted by atomic mass is 16.3. The molecule has 1 aliphatic rings. The maximum atomic E-state index is 11.9. The van der Waals surface area contributed by atoms with E-state index in [0.717, 1.165) is 18.6 Å². The lowest BCUT2D eigenvalue weighted by atomic mass is 9.84. The second-order valence-electron chi connectivity index (χ2n) is 4.77. The third-order valence-electron chi connectivity index (χ3n) is 3.49. The summed E-state index contributed by atoms with van der Waals surface area (Å²) in [6.07, 6.45) is 4.51. The van der Waals surface area contributed by atoms with Gasteiger partial charge in [-0.2, -0.15) is 0 Å². The monoisotopic (exact) mass is 236 g/mol. The number of carbonyl (C=O) groups is 1. The van der Waals surface area contributed by atoms with Gasteiger partial charge in [-0.1, -0.05) is 12.8 Å². The first-order valence-corrected chi connectivity index (χ1v) is 6.28. The lowest BCUT2D eigenvalue weighted by molar-refractivity contribution is 0.0878. The lowest BCUT2D eigenvalue weighted by Gasteiger charge is -2.30. The molecule has 3 N–H and O–H groups in total. The fraction of sp³-hybridized carbons (Fsp3) is 0.615. The molecule has 0 saturated heterocycles. The van der Waals surface area contributed by atoms with Crippen LogP contribution >= 0.6 is 0 Å². The molecule has 1 amide bonds. The summed E-state index contributed by atoms with van der Waals surface area (Å²) in [5.74, 6) is 1.44. The molecule has 1 aromatic rings. The molecule has 0 aromatic carbocycles. The van der Waals surface area contributed by atoms with Crippen LogP contribution in [0.4, 0.5) is 0 Å². The van der Waals surface area contributed by atoms with Gasteiger partial charge in [0, 0.05) is 6.04 Å². The topological polar surface area (TPSA) is 68.3 Å². The molecule has 0 bridgehead atoms. The molecule has 1 saturated carbocycles. The number of hydrogen-bond acceptors (Lipinski definition) is 3. The van der Waals surface area contributed by atoms with Crippen LogP contribution in [0.2, 0.25) is 0 Å². The van der Waals surface area contributed by atoms with Gasteiger partial charge < -0.3 is 15.5 Å². The number of amides is 1. The minimum Gasteiger partial charge on any atom is -0.456 e. The highest BCUT2D eigenvalue weighted by molar-refractivity contribution is 5.91. The quantitative estimate of drug-likeness (QED) is 0.841. The van der Waals surface area contributed by atoms with Crippen LogP contribution in [0, 0.1) is 12.8 Å². The Morgan fingerprint density at radius 1 is 1.47 bits per heavy atom. The number of hydrogen-bond donors (Lipinski definition) is 2. The number of carbonyl (C=O) groups excluding carboxylic acids is 1. The van der Waals surface area contributed by atoms with E-state index in [1.807, 2.05) is 6.92 Å². The van der Waals surface area contributed by atoms with Crippen LogP contribution in [0.5, 0.6) is 0 Å². The lowest BCUT2D eigenvalue weighted by Crippen LogP contribution is -2.44. The van der Waals surface area contributed by atoms with Crippen molar-refractivity contribution < 1.29 is 9.21 Å². The summed E-state index contributed by atoms with van der Waals surface area (Å²) in [4.78, 5) is 11.9. The highest BCUT2D eigenvalue weighted by Gasteiger charge is 2.26. The molecule has 1 fully saturated rings. The fourth-order valence-electron chi connectivity index (χ4n) is 2.48. The average molecular weight is 236 g/mol. The van der Waals surface area contributed by atoms with Crippen molar-refractivity contribution in [2.45, 2.75) is 38.6 Å². The van der Waals surface area contributed by atoms with Gasteiger partial charge in [0.2, 0.25) is 0 Å². The summed E-state index contributed by atoms with van der Waals surface area (Å²) in [7, 11) is 0. The summed E-state index contributed by atoms with van der Waals surface area (Å²) < 4.78 is 5.31. The van der Waals surface area contributed by atoms with Gasteiger partial charge in [-0.05, 0) is 44.4 Å². The zero-order valence-electron chi connectivity index (χ0n) is 10.2. The Balaban J connectivity index is 1.97. The molecule has 0 spiro atoms. The summed E-state index contributed by atoms with van der Waals surface area (Å²) in [6.45, 7) is 2.47. The molecule has 2 unspecified atom stereocenters. The van der Waals surface area contributed by atoms with E-state index in [9.17, 15) is 4.79 Å². The van der Waals surface area contributed by atoms with Crippen LogP contribution in [0.15, 0.2) is 16.5 Å². The van der Waals surface area contributed by atoms with Crippen LogP contribution in [0.25, 0.3) is 0 Å². The Kier molecular flexibility index (Phi) is 3.84. The molecular formula is C13H20N2O2. The van der Waals surface area contributed by atoms with Gasteiger partial charge in [-0.3, -0.25) is 4.79 Å². The summed E-state index contributed by atoms with van der Waals surface area (Å²) in [5.41, 5.74) is 5.74. The molecule has 17 heavy (non-hydrogen) atoms. The Morgan fingerprint density at radius 2 is 2.24 bits per heavy atom. The maximum Gasteiger partial charge on any atom is 0.287 e. The molecule has 94 valence electrons. The SMILES string of the molecule is Cc1ccc(C(=O)NC2CCCCC2CN)o1. The number of furan rings is 1. The minimum atomic E-state index is -0.122. The Hall–Kier alpha value is -1.29. The van der Waals surface area contributed by atoms with E-state index in [1.54, 1.807) is 12.1 Å². The fourth-order valence-corrected chi connectivity index (χ4v) is 2.48. The molecule has 4 heteroatoms. The van der Waals surface area contributed by atoms with E-state index in [4.69, 9.17) is 10.2 Å². The Morgan fingerprint density at radius 3 is 2.88 bits per heavy atom. The van der Waals surface area contributed by atoms with E-state index in [0.29, 0.717) is 18.2 Å². The first kappa shape index (κ1) is 12.2. The van der Waals surface area contributed by atoms with Crippen LogP contribution < -0.4 is 11.1 Å². The Labute approximate surface area is 102 Å². The van der Waals surface area contributed by atoms with Crippen LogP contribution in [-0.4, -0.2) is 18.5 Å². The van der Waals surface area contributed by atoms with Gasteiger partial charge >= 0.3 is 0 Å². The number of rotatable bonds is 3. The highest BCUT2D eigenvalue weighted by Crippen LogP contribution is 2.23. The van der Waals surface area contributed by atoms with Crippen molar-refractivity contribution in [3.63, 3.8) is 0 Å². The van der Waals surface area contributed by atoms with Crippen molar-refractivity contribution in [1.82, 2.24) is 5.32 Å². The van der Waals surface area contributed by atoms with Crippen LogP contribution in [-0.2, 0) is 0 Å². The van der Waals surface area contributed by atoms with Crippen molar-refractivity contribution in [2.24, 2.45) is 11.7 Å². The molecule has 0 radical (unpaired) electrons. The van der Waals surface area contributed by atoms with Crippen molar-refractivity contribution in [2.75, 3.05) is 6.54 Å². The zero-order valence-corrected chi connectivity index (χ0v) is 10.2. The second-order valence-corrected chi connectivity index (χ2v) is 4.77. The molecule has 0 aliphatic heterocycles. The minimum absolute atomic E-state index is 0.122. The van der Waals surface area contributed by atoms with Crippen molar-refractivity contribution in [3.05, 3.63) is 23.7 Å². The van der Waals surface area contributed by atoms with Gasteiger partial charge in [0.05, 0.1) is 0 Å². The van der Waals surface area contributed by atoms with Gasteiger partial charge in [-0.25, -0.2) is 0 Å². The second kappa shape index (κ2) is 5.36. The molecule has 1 heterocycles. The average Bonchev–Trinajstić information content (AvgIpc) is 2.77. The largest absolute Gasteiger partial charge is 0.456 e. The van der Waals surface area contributed by atoms with E-state index < -0.39 is 0 Å². The van der Waals surface area contributed by atoms with E-state index in [-0.39, 0.29) is 11.9 Å². The third-order valence-corrected chi connectivity index (χ3v) is 3.49. The third kappa shape index (κ3) is 2.88. The van der Waals surface area contributed by atoms with Crippen LogP contribution in [0.1, 0.15) is 42.0 Å². The smallest absolute Gasteiger partial charge is 0.287 e. The standard InChI is InChI=1S/C13H20N2O2/c1-9-6-7-12(17-9)13(16)15-11-5-3-2-4-10(11)8-14/h6-7,10-11H,2-5,8,14H2,1H3,(H,15,16). The van der Waals surface area contributed by atoms with E-state index in [1.165, 1.54) is 12.8 Å².